The van der Waals surface area contributed by atoms with Crippen molar-refractivity contribution in [2.24, 2.45) is 0 Å². The lowest BCUT2D eigenvalue weighted by atomic mass is 10.1. The van der Waals surface area contributed by atoms with Crippen molar-refractivity contribution in [3.05, 3.63) is 35.9 Å². The van der Waals surface area contributed by atoms with E-state index in [4.69, 9.17) is 9.47 Å². The third kappa shape index (κ3) is 3.10. The maximum atomic E-state index is 5.66. The lowest BCUT2D eigenvalue weighted by Gasteiger charge is -2.16. The van der Waals surface area contributed by atoms with Crippen molar-refractivity contribution in [3.63, 3.8) is 0 Å². The number of hydrogen-bond acceptors (Lipinski definition) is 2. The molecule has 0 aliphatic carbocycles. The Bertz CT molecular complexity index is 331. The Morgan fingerprint density at radius 3 is 2.80 bits per heavy atom. The van der Waals surface area contributed by atoms with Crippen LogP contribution < -0.4 is 4.74 Å². The van der Waals surface area contributed by atoms with Crippen molar-refractivity contribution < 1.29 is 9.47 Å². The molecule has 2 nitrogen and oxygen atoms in total. The fraction of sp³-hybridized carbons (Fsp3) is 0.385. The molecule has 0 radical (unpaired) electrons. The molecule has 0 amide bonds. The second kappa shape index (κ2) is 5.56. The van der Waals surface area contributed by atoms with Crippen molar-refractivity contribution in [3.8, 4) is 5.75 Å². The van der Waals surface area contributed by atoms with Crippen LogP contribution in [0.1, 0.15) is 25.0 Å². The maximum Gasteiger partial charge on any atom is 0.196 e. The average molecular weight is 206 g/mol. The van der Waals surface area contributed by atoms with Gasteiger partial charge in [0.15, 0.2) is 6.29 Å². The van der Waals surface area contributed by atoms with E-state index >= 15 is 0 Å². The molecule has 1 atom stereocenters. The molecule has 0 spiro atoms. The molecule has 0 bridgehead atoms. The van der Waals surface area contributed by atoms with Gasteiger partial charge in [-0.25, -0.2) is 0 Å². The first kappa shape index (κ1) is 11.8. The fourth-order valence-corrected chi connectivity index (χ4v) is 1.47. The molecular weight excluding hydrogens is 188 g/mol. The van der Waals surface area contributed by atoms with Crippen LogP contribution in [0.2, 0.25) is 0 Å². The van der Waals surface area contributed by atoms with Gasteiger partial charge < -0.3 is 9.47 Å². The summed E-state index contributed by atoms with van der Waals surface area (Å²) in [5.74, 6) is 0.825. The summed E-state index contributed by atoms with van der Waals surface area (Å²) in [6, 6.07) is 5.94. The van der Waals surface area contributed by atoms with Gasteiger partial charge in [0.1, 0.15) is 5.75 Å². The number of benzene rings is 1. The second-order valence-corrected chi connectivity index (χ2v) is 3.33. The average Bonchev–Trinajstić information content (AvgIpc) is 2.18. The quantitative estimate of drug-likeness (QED) is 0.687. The number of rotatable bonds is 5. The Morgan fingerprint density at radius 2 is 2.20 bits per heavy atom. The lowest BCUT2D eigenvalue weighted by molar-refractivity contribution is -0.0614. The van der Waals surface area contributed by atoms with E-state index in [2.05, 4.69) is 6.58 Å². The maximum absolute atomic E-state index is 5.66. The summed E-state index contributed by atoms with van der Waals surface area (Å²) in [5, 5.41) is 0. The summed E-state index contributed by atoms with van der Waals surface area (Å²) < 4.78 is 11.0. The molecule has 1 rings (SSSR count). The summed E-state index contributed by atoms with van der Waals surface area (Å²) in [6.07, 6.45) is 1.58. The van der Waals surface area contributed by atoms with Crippen molar-refractivity contribution in [2.45, 2.75) is 27.1 Å². The third-order valence-electron chi connectivity index (χ3n) is 2.18. The van der Waals surface area contributed by atoms with Crippen molar-refractivity contribution in [2.75, 3.05) is 6.61 Å². The third-order valence-corrected chi connectivity index (χ3v) is 2.18. The zero-order chi connectivity index (χ0) is 11.3. The van der Waals surface area contributed by atoms with Crippen LogP contribution in [0.15, 0.2) is 24.8 Å². The monoisotopic (exact) mass is 206 g/mol. The van der Waals surface area contributed by atoms with E-state index in [9.17, 15) is 0 Å². The molecule has 0 N–H and O–H groups in total. The predicted molar refractivity (Wildman–Crippen MR) is 63.0 cm³/mol. The van der Waals surface area contributed by atoms with Crippen molar-refractivity contribution in [1.29, 1.82) is 0 Å². The molecule has 1 aromatic carbocycles. The number of ether oxygens (including phenoxy) is 2. The normalized spacial score (nSPS) is 12.2. The summed E-state index contributed by atoms with van der Waals surface area (Å²) in [7, 11) is 0. The van der Waals surface area contributed by atoms with Crippen LogP contribution in [-0.2, 0) is 4.74 Å². The highest BCUT2D eigenvalue weighted by Gasteiger charge is 2.07. The molecule has 2 heteroatoms. The molecule has 15 heavy (non-hydrogen) atoms. The van der Waals surface area contributed by atoms with Crippen LogP contribution in [0.4, 0.5) is 0 Å². The van der Waals surface area contributed by atoms with Gasteiger partial charge >= 0.3 is 0 Å². The summed E-state index contributed by atoms with van der Waals surface area (Å²) >= 11 is 0. The zero-order valence-corrected chi connectivity index (χ0v) is 9.62. The van der Waals surface area contributed by atoms with Gasteiger partial charge in [-0.2, -0.15) is 0 Å². The summed E-state index contributed by atoms with van der Waals surface area (Å²) in [5.41, 5.74) is 2.19. The largest absolute Gasteiger partial charge is 0.465 e. The molecule has 0 aliphatic rings. The van der Waals surface area contributed by atoms with Crippen LogP contribution in [0.3, 0.4) is 0 Å². The van der Waals surface area contributed by atoms with Crippen LogP contribution in [0, 0.1) is 6.92 Å². The lowest BCUT2D eigenvalue weighted by Crippen LogP contribution is -2.16. The van der Waals surface area contributed by atoms with E-state index < -0.39 is 0 Å². The highest BCUT2D eigenvalue weighted by atomic mass is 16.7. The fourth-order valence-electron chi connectivity index (χ4n) is 1.47. The summed E-state index contributed by atoms with van der Waals surface area (Å²) in [4.78, 5) is 0. The van der Waals surface area contributed by atoms with E-state index in [0.29, 0.717) is 6.61 Å². The number of aryl methyl sites for hydroxylation is 1. The van der Waals surface area contributed by atoms with Gasteiger partial charge in [-0.1, -0.05) is 24.8 Å². The molecule has 0 saturated heterocycles. The minimum atomic E-state index is -0.226. The van der Waals surface area contributed by atoms with Gasteiger partial charge in [-0.15, -0.1) is 0 Å². The van der Waals surface area contributed by atoms with Gasteiger partial charge in [0.25, 0.3) is 0 Å². The second-order valence-electron chi connectivity index (χ2n) is 3.33. The van der Waals surface area contributed by atoms with Crippen LogP contribution >= 0.6 is 0 Å². The van der Waals surface area contributed by atoms with Crippen LogP contribution in [-0.4, -0.2) is 12.9 Å². The first-order valence-corrected chi connectivity index (χ1v) is 5.19. The zero-order valence-electron chi connectivity index (χ0n) is 9.62. The number of hydrogen-bond donors (Lipinski definition) is 0. The first-order chi connectivity index (χ1) is 7.19. The Morgan fingerprint density at radius 1 is 1.47 bits per heavy atom. The van der Waals surface area contributed by atoms with E-state index in [1.807, 2.05) is 45.0 Å². The van der Waals surface area contributed by atoms with E-state index in [0.717, 1.165) is 16.9 Å². The molecule has 0 saturated carbocycles. The Hall–Kier alpha value is -1.28. The highest BCUT2D eigenvalue weighted by molar-refractivity contribution is 5.59. The molecule has 0 aliphatic heterocycles. The van der Waals surface area contributed by atoms with E-state index in [1.165, 1.54) is 0 Å². The molecule has 0 heterocycles. The van der Waals surface area contributed by atoms with E-state index in [1.54, 1.807) is 0 Å². The molecule has 1 aromatic rings. The Kier molecular flexibility index (Phi) is 4.37. The van der Waals surface area contributed by atoms with Gasteiger partial charge in [0, 0.05) is 12.2 Å². The smallest absolute Gasteiger partial charge is 0.196 e. The molecule has 0 fully saturated rings. The van der Waals surface area contributed by atoms with Gasteiger partial charge in [0.05, 0.1) is 0 Å². The standard InChI is InChI=1S/C13H18O2/c1-5-12-10(3)8-7-9-13(12)15-11(4)14-6-2/h5,7-9,11H,1,6H2,2-4H3. The van der Waals surface area contributed by atoms with Gasteiger partial charge in [0.2, 0.25) is 0 Å². The van der Waals surface area contributed by atoms with Crippen molar-refractivity contribution in [1.82, 2.24) is 0 Å². The molecule has 0 aromatic heterocycles. The highest BCUT2D eigenvalue weighted by Crippen LogP contribution is 2.24. The van der Waals surface area contributed by atoms with Crippen molar-refractivity contribution >= 4 is 6.08 Å². The first-order valence-electron chi connectivity index (χ1n) is 5.19. The van der Waals surface area contributed by atoms with E-state index in [-0.39, 0.29) is 6.29 Å². The Balaban J connectivity index is 2.84. The molecule has 82 valence electrons. The Labute approximate surface area is 91.5 Å². The van der Waals surface area contributed by atoms with Gasteiger partial charge in [-0.3, -0.25) is 0 Å². The van der Waals surface area contributed by atoms with Crippen LogP contribution in [0.5, 0.6) is 5.75 Å². The SMILES string of the molecule is C=Cc1c(C)cccc1OC(C)OCC. The summed E-state index contributed by atoms with van der Waals surface area (Å²) in [6.45, 7) is 10.3. The van der Waals surface area contributed by atoms with Gasteiger partial charge in [-0.05, 0) is 32.4 Å². The molecular formula is C13H18O2. The minimum Gasteiger partial charge on any atom is -0.465 e. The predicted octanol–water partition coefficient (Wildman–Crippen LogP) is 3.40. The topological polar surface area (TPSA) is 18.5 Å². The molecule has 1 unspecified atom stereocenters. The minimum absolute atomic E-state index is 0.226. The van der Waals surface area contributed by atoms with Crippen LogP contribution in [0.25, 0.3) is 6.08 Å².